The van der Waals surface area contributed by atoms with Crippen LogP contribution in [0.3, 0.4) is 0 Å². The first-order valence-electron chi connectivity index (χ1n) is 7.64. The minimum absolute atomic E-state index is 0.189. The highest BCUT2D eigenvalue weighted by Gasteiger charge is 2.60. The maximum Gasteiger partial charge on any atom is 0.259 e. The lowest BCUT2D eigenvalue weighted by Crippen LogP contribution is -2.23. The van der Waals surface area contributed by atoms with Crippen LogP contribution < -0.4 is 5.73 Å². The summed E-state index contributed by atoms with van der Waals surface area (Å²) in [5, 5.41) is 9.14. The zero-order chi connectivity index (χ0) is 18.1. The van der Waals surface area contributed by atoms with Gasteiger partial charge in [-0.15, -0.1) is 0 Å². The molecule has 1 atom stereocenters. The summed E-state index contributed by atoms with van der Waals surface area (Å²) >= 11 is 1.97. The van der Waals surface area contributed by atoms with Crippen LogP contribution in [0.25, 0.3) is 22.4 Å². The lowest BCUT2D eigenvalue weighted by atomic mass is 10.1. The Labute approximate surface area is 155 Å². The number of aromatic nitrogens is 5. The first-order valence-corrected chi connectivity index (χ1v) is 8.72. The number of fused-ring (bicyclic) bond motifs is 1. The van der Waals surface area contributed by atoms with E-state index in [2.05, 4.69) is 20.2 Å². The normalized spacial score (nSPS) is 19.5. The average molecular weight is 460 g/mol. The molecule has 7 nitrogen and oxygen atoms in total. The van der Waals surface area contributed by atoms with Gasteiger partial charge in [-0.25, -0.2) is 23.4 Å². The molecule has 2 N–H and O–H groups in total. The molecule has 0 aliphatic heterocycles. The van der Waals surface area contributed by atoms with Gasteiger partial charge >= 0.3 is 0 Å². The van der Waals surface area contributed by atoms with Crippen molar-refractivity contribution < 1.29 is 13.3 Å². The van der Waals surface area contributed by atoms with E-state index in [4.69, 9.17) is 10.3 Å². The largest absolute Gasteiger partial charge is 0.383 e. The maximum atomic E-state index is 13.4. The van der Waals surface area contributed by atoms with Crippen molar-refractivity contribution in [3.8, 4) is 11.4 Å². The molecule has 132 valence electrons. The van der Waals surface area contributed by atoms with E-state index in [-0.39, 0.29) is 23.5 Å². The molecule has 1 aliphatic carbocycles. The van der Waals surface area contributed by atoms with Gasteiger partial charge in [-0.3, -0.25) is 0 Å². The summed E-state index contributed by atoms with van der Waals surface area (Å²) in [4.78, 5) is 8.32. The quantitative estimate of drug-likeness (QED) is 0.588. The summed E-state index contributed by atoms with van der Waals surface area (Å²) < 4.78 is 34.3. The Kier molecular flexibility index (Phi) is 3.38. The maximum absolute atomic E-state index is 13.4. The van der Waals surface area contributed by atoms with Gasteiger partial charge in [-0.1, -0.05) is 5.16 Å². The standard InChI is InChI=1S/C15H15F2IN6O/c1-14(2,3)24-13-7(12(19)20-5-21-13)9(22-24)10-8(18)11(25-23-10)6-4-15(6,16)17/h5-6H,4H2,1-3H3,(H2,19,20,21). The van der Waals surface area contributed by atoms with Gasteiger partial charge in [0, 0.05) is 6.42 Å². The van der Waals surface area contributed by atoms with Crippen LogP contribution in [-0.2, 0) is 5.54 Å². The van der Waals surface area contributed by atoms with E-state index in [1.807, 2.05) is 43.4 Å². The van der Waals surface area contributed by atoms with Crippen LogP contribution in [0.5, 0.6) is 0 Å². The van der Waals surface area contributed by atoms with Crippen LogP contribution in [-0.4, -0.2) is 30.8 Å². The second-order valence-corrected chi connectivity index (χ2v) is 8.19. The van der Waals surface area contributed by atoms with Gasteiger partial charge in [0.25, 0.3) is 5.92 Å². The van der Waals surface area contributed by atoms with Crippen LogP contribution in [0.1, 0.15) is 38.9 Å². The Morgan fingerprint density at radius 1 is 1.32 bits per heavy atom. The summed E-state index contributed by atoms with van der Waals surface area (Å²) in [6.07, 6.45) is 1.15. The summed E-state index contributed by atoms with van der Waals surface area (Å²) in [6, 6.07) is 0. The van der Waals surface area contributed by atoms with E-state index in [9.17, 15) is 8.78 Å². The molecule has 3 aromatic heterocycles. The summed E-state index contributed by atoms with van der Waals surface area (Å²) in [7, 11) is 0. The third-order valence-corrected chi connectivity index (χ3v) is 5.20. The molecule has 3 heterocycles. The van der Waals surface area contributed by atoms with E-state index in [0.29, 0.717) is 26.0 Å². The second kappa shape index (κ2) is 5.08. The number of alkyl halides is 2. The van der Waals surface area contributed by atoms with Gasteiger partial charge in [-0.05, 0) is 43.4 Å². The molecule has 1 aliphatic rings. The lowest BCUT2D eigenvalue weighted by molar-refractivity contribution is 0.107. The van der Waals surface area contributed by atoms with Crippen LogP contribution in [0.15, 0.2) is 10.9 Å². The number of hydrogen-bond acceptors (Lipinski definition) is 6. The molecule has 0 radical (unpaired) electrons. The third kappa shape index (κ3) is 2.49. The fourth-order valence-electron chi connectivity index (χ4n) is 2.76. The van der Waals surface area contributed by atoms with E-state index in [1.165, 1.54) is 6.33 Å². The Morgan fingerprint density at radius 2 is 2.00 bits per heavy atom. The van der Waals surface area contributed by atoms with Crippen LogP contribution in [0, 0.1) is 3.57 Å². The zero-order valence-corrected chi connectivity index (χ0v) is 15.9. The zero-order valence-electron chi connectivity index (χ0n) is 13.7. The smallest absolute Gasteiger partial charge is 0.259 e. The molecule has 0 aromatic carbocycles. The van der Waals surface area contributed by atoms with Crippen molar-refractivity contribution >= 4 is 39.4 Å². The van der Waals surface area contributed by atoms with Crippen LogP contribution in [0.4, 0.5) is 14.6 Å². The van der Waals surface area contributed by atoms with Crippen molar-refractivity contribution in [1.29, 1.82) is 0 Å². The highest BCUT2D eigenvalue weighted by Crippen LogP contribution is 2.57. The predicted octanol–water partition coefficient (Wildman–Crippen LogP) is 3.55. The molecule has 1 fully saturated rings. The Balaban J connectivity index is 1.94. The molecule has 25 heavy (non-hydrogen) atoms. The number of nitrogen functional groups attached to an aromatic ring is 1. The van der Waals surface area contributed by atoms with E-state index >= 15 is 0 Å². The van der Waals surface area contributed by atoms with E-state index < -0.39 is 11.8 Å². The molecule has 4 rings (SSSR count). The number of hydrogen-bond donors (Lipinski definition) is 1. The van der Waals surface area contributed by atoms with Crippen LogP contribution in [0.2, 0.25) is 0 Å². The lowest BCUT2D eigenvalue weighted by Gasteiger charge is -2.19. The molecule has 1 unspecified atom stereocenters. The molecule has 0 saturated heterocycles. The number of halogens is 3. The number of nitrogens with two attached hydrogens (primary N) is 1. The van der Waals surface area contributed by atoms with Gasteiger partial charge in [0.2, 0.25) is 0 Å². The fourth-order valence-corrected chi connectivity index (χ4v) is 3.59. The molecule has 0 amide bonds. The van der Waals surface area contributed by atoms with E-state index in [0.717, 1.165) is 0 Å². The SMILES string of the molecule is CC(C)(C)n1nc(-c2noc(C3CC3(F)F)c2I)c2c(N)ncnc21. The Morgan fingerprint density at radius 3 is 2.60 bits per heavy atom. The van der Waals surface area contributed by atoms with Crippen LogP contribution >= 0.6 is 22.6 Å². The van der Waals surface area contributed by atoms with Gasteiger partial charge in [0.1, 0.15) is 23.5 Å². The van der Waals surface area contributed by atoms with E-state index in [1.54, 1.807) is 4.68 Å². The molecule has 0 bridgehead atoms. The molecule has 3 aromatic rings. The topological polar surface area (TPSA) is 95.7 Å². The third-order valence-electron chi connectivity index (χ3n) is 4.16. The van der Waals surface area contributed by atoms with Crippen molar-refractivity contribution in [2.24, 2.45) is 0 Å². The van der Waals surface area contributed by atoms with Gasteiger partial charge in [-0.2, -0.15) is 5.10 Å². The molecule has 1 saturated carbocycles. The summed E-state index contributed by atoms with van der Waals surface area (Å²) in [5.41, 5.74) is 7.06. The minimum atomic E-state index is -2.73. The number of anilines is 1. The van der Waals surface area contributed by atoms with Crippen molar-refractivity contribution in [3.63, 3.8) is 0 Å². The van der Waals surface area contributed by atoms with Gasteiger partial charge in [0.15, 0.2) is 11.4 Å². The number of nitrogens with zero attached hydrogens (tertiary/aromatic N) is 5. The van der Waals surface area contributed by atoms with Crippen molar-refractivity contribution in [1.82, 2.24) is 24.9 Å². The molecule has 0 spiro atoms. The molecule has 10 heteroatoms. The van der Waals surface area contributed by atoms with Crippen molar-refractivity contribution in [2.45, 2.75) is 44.6 Å². The number of rotatable bonds is 2. The van der Waals surface area contributed by atoms with Crippen molar-refractivity contribution in [2.75, 3.05) is 5.73 Å². The monoisotopic (exact) mass is 460 g/mol. The molecular formula is C15H15F2IN6O. The Bertz CT molecular complexity index is 990. The highest BCUT2D eigenvalue weighted by atomic mass is 127. The predicted molar refractivity (Wildman–Crippen MR) is 95.3 cm³/mol. The first kappa shape index (κ1) is 16.6. The van der Waals surface area contributed by atoms with Gasteiger partial charge < -0.3 is 10.3 Å². The van der Waals surface area contributed by atoms with Crippen molar-refractivity contribution in [3.05, 3.63) is 15.7 Å². The molecular weight excluding hydrogens is 445 g/mol. The highest BCUT2D eigenvalue weighted by molar-refractivity contribution is 14.1. The Hall–Kier alpha value is -1.85. The second-order valence-electron chi connectivity index (χ2n) is 7.12. The van der Waals surface area contributed by atoms with Gasteiger partial charge in [0.05, 0.1) is 20.4 Å². The fraction of sp³-hybridized carbons (Fsp3) is 0.467. The minimum Gasteiger partial charge on any atom is -0.383 e. The summed E-state index contributed by atoms with van der Waals surface area (Å²) in [5.74, 6) is -3.21. The first-order chi connectivity index (χ1) is 11.6. The summed E-state index contributed by atoms with van der Waals surface area (Å²) in [6.45, 7) is 5.93. The average Bonchev–Trinajstić information content (AvgIpc) is 2.86.